The van der Waals surface area contributed by atoms with Crippen molar-refractivity contribution < 1.29 is 9.59 Å². The molecule has 4 N–H and O–H groups in total. The molecule has 0 aliphatic carbocycles. The highest BCUT2D eigenvalue weighted by Crippen LogP contribution is 1.98. The van der Waals surface area contributed by atoms with Gasteiger partial charge in [-0.3, -0.25) is 9.59 Å². The van der Waals surface area contributed by atoms with Crippen molar-refractivity contribution in [3.8, 4) is 0 Å². The molecule has 118 valence electrons. The van der Waals surface area contributed by atoms with Crippen molar-refractivity contribution in [1.82, 2.24) is 10.6 Å². The summed E-state index contributed by atoms with van der Waals surface area (Å²) in [6.45, 7) is 2.83. The van der Waals surface area contributed by atoms with Crippen molar-refractivity contribution in [2.45, 2.75) is 32.2 Å². The summed E-state index contributed by atoms with van der Waals surface area (Å²) in [5, 5.41) is 5.50. The summed E-state index contributed by atoms with van der Waals surface area (Å²) in [4.78, 5) is 23.1. The van der Waals surface area contributed by atoms with Crippen LogP contribution < -0.4 is 16.4 Å². The molecular weight excluding hydrogens is 290 g/mol. The molecule has 0 aliphatic heterocycles. The summed E-state index contributed by atoms with van der Waals surface area (Å²) in [5.41, 5.74) is 6.55. The number of benzene rings is 1. The number of nitrogens with one attached hydrogen (secondary N) is 2. The molecule has 0 bridgehead atoms. The third-order valence-corrected chi connectivity index (χ3v) is 2.80. The number of hydrogen-bond acceptors (Lipinski definition) is 3. The number of carbonyl (C=O) groups is 2. The Morgan fingerprint density at radius 2 is 1.71 bits per heavy atom. The molecule has 0 saturated carbocycles. The molecule has 0 heterocycles. The first-order chi connectivity index (χ1) is 9.58. The van der Waals surface area contributed by atoms with E-state index in [0.29, 0.717) is 25.9 Å². The van der Waals surface area contributed by atoms with Gasteiger partial charge in [-0.25, -0.2) is 0 Å². The predicted octanol–water partition coefficient (Wildman–Crippen LogP) is 1.01. The van der Waals surface area contributed by atoms with Crippen LogP contribution in [0.3, 0.4) is 0 Å². The quantitative estimate of drug-likeness (QED) is 0.669. The van der Waals surface area contributed by atoms with Crippen LogP contribution >= 0.6 is 12.4 Å². The van der Waals surface area contributed by atoms with Crippen LogP contribution in [0.5, 0.6) is 0 Å². The van der Waals surface area contributed by atoms with Gasteiger partial charge in [0.15, 0.2) is 0 Å². The number of halogens is 1. The maximum atomic E-state index is 11.6. The van der Waals surface area contributed by atoms with Crippen LogP contribution in [0, 0.1) is 0 Å². The van der Waals surface area contributed by atoms with Crippen LogP contribution in [0.4, 0.5) is 0 Å². The first-order valence-corrected chi connectivity index (χ1v) is 6.91. The molecule has 0 fully saturated rings. The van der Waals surface area contributed by atoms with E-state index in [1.54, 1.807) is 0 Å². The summed E-state index contributed by atoms with van der Waals surface area (Å²) in [6, 6.07) is 9.60. The van der Waals surface area contributed by atoms with Crippen LogP contribution in [0.2, 0.25) is 0 Å². The molecule has 0 radical (unpaired) electrons. The van der Waals surface area contributed by atoms with Crippen LogP contribution in [0.15, 0.2) is 30.3 Å². The second-order valence-electron chi connectivity index (χ2n) is 4.88. The van der Waals surface area contributed by atoms with Crippen molar-refractivity contribution in [3.63, 3.8) is 0 Å². The maximum Gasteiger partial charge on any atom is 0.224 e. The molecule has 5 nitrogen and oxygen atoms in total. The molecule has 1 atom stereocenters. The topological polar surface area (TPSA) is 84.2 Å². The van der Waals surface area contributed by atoms with E-state index in [4.69, 9.17) is 5.73 Å². The Bertz CT molecular complexity index is 424. The summed E-state index contributed by atoms with van der Waals surface area (Å²) < 4.78 is 0. The van der Waals surface area contributed by atoms with Crippen LogP contribution in [-0.2, 0) is 16.0 Å². The predicted molar refractivity (Wildman–Crippen MR) is 86.3 cm³/mol. The molecule has 2 amide bonds. The second kappa shape index (κ2) is 11.1. The minimum atomic E-state index is -0.0698. The Labute approximate surface area is 132 Å². The first kappa shape index (κ1) is 19.4. The number of nitrogens with two attached hydrogens (primary N) is 1. The lowest BCUT2D eigenvalue weighted by atomic mass is 10.1. The van der Waals surface area contributed by atoms with E-state index >= 15 is 0 Å². The van der Waals surface area contributed by atoms with Gasteiger partial charge in [-0.1, -0.05) is 30.3 Å². The van der Waals surface area contributed by atoms with Crippen molar-refractivity contribution in [2.75, 3.05) is 13.1 Å². The standard InChI is InChI=1S/C15H23N3O2.ClH/c1-12(16)7-9-17-14(19)8-10-18-15(20)11-13-5-3-2-4-6-13;/h2-6,12H,7-11,16H2,1H3,(H,17,19)(H,18,20);1H. The lowest BCUT2D eigenvalue weighted by Crippen LogP contribution is -2.33. The zero-order valence-corrected chi connectivity index (χ0v) is 13.1. The zero-order chi connectivity index (χ0) is 14.8. The van der Waals surface area contributed by atoms with Crippen LogP contribution in [0.25, 0.3) is 0 Å². The molecule has 1 unspecified atom stereocenters. The average Bonchev–Trinajstić information content (AvgIpc) is 2.39. The minimum absolute atomic E-state index is 0. The molecule has 0 aliphatic rings. The van der Waals surface area contributed by atoms with Gasteiger partial charge >= 0.3 is 0 Å². The van der Waals surface area contributed by atoms with Crippen molar-refractivity contribution in [1.29, 1.82) is 0 Å². The third-order valence-electron chi connectivity index (χ3n) is 2.80. The van der Waals surface area contributed by atoms with Gasteiger partial charge in [0.05, 0.1) is 6.42 Å². The van der Waals surface area contributed by atoms with Gasteiger partial charge in [0.25, 0.3) is 0 Å². The third kappa shape index (κ3) is 9.87. The molecule has 1 aromatic rings. The largest absolute Gasteiger partial charge is 0.356 e. The van der Waals surface area contributed by atoms with E-state index < -0.39 is 0 Å². The Morgan fingerprint density at radius 1 is 1.10 bits per heavy atom. The highest BCUT2D eigenvalue weighted by molar-refractivity contribution is 5.85. The number of hydrogen-bond donors (Lipinski definition) is 3. The van der Waals surface area contributed by atoms with Crippen molar-refractivity contribution >= 4 is 24.2 Å². The molecule has 6 heteroatoms. The Kier molecular flexibility index (Phi) is 10.3. The van der Waals surface area contributed by atoms with E-state index in [1.807, 2.05) is 37.3 Å². The van der Waals surface area contributed by atoms with Crippen molar-refractivity contribution in [2.24, 2.45) is 5.73 Å². The molecule has 21 heavy (non-hydrogen) atoms. The van der Waals surface area contributed by atoms with Gasteiger partial charge in [0, 0.05) is 25.6 Å². The SMILES string of the molecule is CC(N)CCNC(=O)CCNC(=O)Cc1ccccc1.Cl. The fourth-order valence-corrected chi connectivity index (χ4v) is 1.69. The summed E-state index contributed by atoms with van der Waals surface area (Å²) in [5.74, 6) is -0.134. The first-order valence-electron chi connectivity index (χ1n) is 6.91. The average molecular weight is 314 g/mol. The fraction of sp³-hybridized carbons (Fsp3) is 0.467. The lowest BCUT2D eigenvalue weighted by Gasteiger charge is -2.08. The monoisotopic (exact) mass is 313 g/mol. The van der Waals surface area contributed by atoms with E-state index in [1.165, 1.54) is 0 Å². The highest BCUT2D eigenvalue weighted by atomic mass is 35.5. The minimum Gasteiger partial charge on any atom is -0.356 e. The lowest BCUT2D eigenvalue weighted by molar-refractivity contribution is -0.122. The normalized spacial score (nSPS) is 11.1. The molecule has 1 aromatic carbocycles. The van der Waals surface area contributed by atoms with Gasteiger partial charge in [0.2, 0.25) is 11.8 Å². The number of rotatable bonds is 8. The summed E-state index contributed by atoms with van der Waals surface area (Å²) in [6.07, 6.45) is 1.39. The van der Waals surface area contributed by atoms with Crippen molar-refractivity contribution in [3.05, 3.63) is 35.9 Å². The Hall–Kier alpha value is -1.59. The molecule has 0 spiro atoms. The van der Waals surface area contributed by atoms with E-state index in [9.17, 15) is 9.59 Å². The zero-order valence-electron chi connectivity index (χ0n) is 12.3. The van der Waals surface area contributed by atoms with Gasteiger partial charge in [0.1, 0.15) is 0 Å². The molecule has 1 rings (SSSR count). The second-order valence-corrected chi connectivity index (χ2v) is 4.88. The van der Waals surface area contributed by atoms with Gasteiger partial charge in [-0.15, -0.1) is 12.4 Å². The highest BCUT2D eigenvalue weighted by Gasteiger charge is 2.05. The van der Waals surface area contributed by atoms with Crippen LogP contribution in [0.1, 0.15) is 25.3 Å². The van der Waals surface area contributed by atoms with Gasteiger partial charge < -0.3 is 16.4 Å². The maximum absolute atomic E-state index is 11.6. The van der Waals surface area contributed by atoms with Gasteiger partial charge in [-0.05, 0) is 18.9 Å². The van der Waals surface area contributed by atoms with Gasteiger partial charge in [-0.2, -0.15) is 0 Å². The van der Waals surface area contributed by atoms with E-state index in [2.05, 4.69) is 10.6 Å². The summed E-state index contributed by atoms with van der Waals surface area (Å²) in [7, 11) is 0. The number of amides is 2. The molecule has 0 saturated heterocycles. The Balaban J connectivity index is 0.00000400. The molecular formula is C15H24ClN3O2. The Morgan fingerprint density at radius 3 is 2.33 bits per heavy atom. The summed E-state index contributed by atoms with van der Waals surface area (Å²) >= 11 is 0. The van der Waals surface area contributed by atoms with Crippen LogP contribution in [-0.4, -0.2) is 30.9 Å². The van der Waals surface area contributed by atoms with E-state index in [-0.39, 0.29) is 30.3 Å². The smallest absolute Gasteiger partial charge is 0.224 e. The molecule has 0 aromatic heterocycles. The number of carbonyl (C=O) groups excluding carboxylic acids is 2. The fourth-order valence-electron chi connectivity index (χ4n) is 1.69. The van der Waals surface area contributed by atoms with E-state index in [0.717, 1.165) is 12.0 Å².